The van der Waals surface area contributed by atoms with E-state index in [0.717, 1.165) is 37.0 Å². The van der Waals surface area contributed by atoms with E-state index in [9.17, 15) is 13.2 Å². The predicted octanol–water partition coefficient (Wildman–Crippen LogP) is 1.25. The Balaban J connectivity index is 1.55. The van der Waals surface area contributed by atoms with E-state index in [1.165, 1.54) is 24.3 Å². The fourth-order valence-corrected chi connectivity index (χ4v) is 4.30. The molecule has 8 nitrogen and oxygen atoms in total. The van der Waals surface area contributed by atoms with Crippen molar-refractivity contribution in [3.8, 4) is 0 Å². The van der Waals surface area contributed by atoms with Crippen molar-refractivity contribution in [3.63, 3.8) is 0 Å². The number of nitrogens with one attached hydrogen (secondary N) is 1. The summed E-state index contributed by atoms with van der Waals surface area (Å²) in [6, 6.07) is 5.54. The molecule has 0 saturated carbocycles. The van der Waals surface area contributed by atoms with Gasteiger partial charge < -0.3 is 10.2 Å². The van der Waals surface area contributed by atoms with Gasteiger partial charge in [0.1, 0.15) is 0 Å². The highest BCUT2D eigenvalue weighted by molar-refractivity contribution is 7.89. The van der Waals surface area contributed by atoms with E-state index in [1.807, 2.05) is 19.2 Å². The van der Waals surface area contributed by atoms with Crippen molar-refractivity contribution in [3.05, 3.63) is 35.3 Å². The number of benzene rings is 1. The second-order valence-corrected chi connectivity index (χ2v) is 8.93. The fraction of sp³-hybridized carbons (Fsp3) is 0.412. The number of piperazine rings is 1. The number of amides is 1. The summed E-state index contributed by atoms with van der Waals surface area (Å²) in [5.41, 5.74) is 1.56. The molecule has 2 heterocycles. The van der Waals surface area contributed by atoms with Crippen molar-refractivity contribution in [2.45, 2.75) is 24.8 Å². The third-order valence-electron chi connectivity index (χ3n) is 4.57. The van der Waals surface area contributed by atoms with Gasteiger partial charge in [0, 0.05) is 37.2 Å². The zero-order valence-corrected chi connectivity index (χ0v) is 16.9. The van der Waals surface area contributed by atoms with Crippen LogP contribution in [-0.2, 0) is 14.8 Å². The highest BCUT2D eigenvalue weighted by Crippen LogP contribution is 2.22. The molecule has 1 fully saturated rings. The number of aromatic nitrogens is 1. The second-order valence-electron chi connectivity index (χ2n) is 6.53. The number of nitrogens with zero attached hydrogens (tertiary/aromatic N) is 3. The van der Waals surface area contributed by atoms with Crippen molar-refractivity contribution >= 4 is 38.1 Å². The molecule has 146 valence electrons. The van der Waals surface area contributed by atoms with E-state index >= 15 is 0 Å². The Labute approximate surface area is 163 Å². The summed E-state index contributed by atoms with van der Waals surface area (Å²) in [5.74, 6) is -0.128. The second kappa shape index (κ2) is 7.93. The summed E-state index contributed by atoms with van der Waals surface area (Å²) in [7, 11) is -3.74. The van der Waals surface area contributed by atoms with Crippen LogP contribution in [0.3, 0.4) is 0 Å². The maximum Gasteiger partial charge on any atom is 0.241 e. The standard InChI is InChI=1S/C17H23N5O3S2/c1-12-11-26-17(19-12)22-9-7-21(8-10-22)13(2)16(23)20-14-3-5-15(6-4-14)27(18,24)25/h3-6,11,13H,7-10H2,1-2H3,(H,20,23)(H2,18,24,25). The van der Waals surface area contributed by atoms with Crippen molar-refractivity contribution < 1.29 is 13.2 Å². The van der Waals surface area contributed by atoms with Gasteiger partial charge in [-0.1, -0.05) is 0 Å². The smallest absolute Gasteiger partial charge is 0.241 e. The number of thiazole rings is 1. The molecule has 1 aliphatic heterocycles. The zero-order chi connectivity index (χ0) is 19.6. The number of carbonyl (C=O) groups excluding carboxylic acids is 1. The molecule has 1 unspecified atom stereocenters. The van der Waals surface area contributed by atoms with Crippen LogP contribution >= 0.6 is 11.3 Å². The first-order valence-electron chi connectivity index (χ1n) is 8.59. The number of carbonyl (C=O) groups is 1. The Kier molecular flexibility index (Phi) is 5.80. The molecular formula is C17H23N5O3S2. The summed E-state index contributed by atoms with van der Waals surface area (Å²) < 4.78 is 22.6. The fourth-order valence-electron chi connectivity index (χ4n) is 2.93. The lowest BCUT2D eigenvalue weighted by Crippen LogP contribution is -2.52. The van der Waals surface area contributed by atoms with E-state index < -0.39 is 10.0 Å². The van der Waals surface area contributed by atoms with Gasteiger partial charge in [-0.15, -0.1) is 11.3 Å². The topological polar surface area (TPSA) is 109 Å². The highest BCUT2D eigenvalue weighted by atomic mass is 32.2. The summed E-state index contributed by atoms with van der Waals surface area (Å²) in [5, 5.41) is 11.0. The first kappa shape index (κ1) is 19.7. The lowest BCUT2D eigenvalue weighted by Gasteiger charge is -2.37. The normalized spacial score (nSPS) is 16.9. The average molecular weight is 410 g/mol. The highest BCUT2D eigenvalue weighted by Gasteiger charge is 2.26. The molecule has 0 bridgehead atoms. The van der Waals surface area contributed by atoms with Crippen molar-refractivity contribution in [1.29, 1.82) is 0 Å². The van der Waals surface area contributed by atoms with Crippen molar-refractivity contribution in [1.82, 2.24) is 9.88 Å². The molecule has 1 atom stereocenters. The Morgan fingerprint density at radius 1 is 1.22 bits per heavy atom. The number of hydrogen-bond acceptors (Lipinski definition) is 7. The molecule has 1 aliphatic rings. The number of primary sulfonamides is 1. The molecule has 1 aromatic carbocycles. The Hall–Kier alpha value is -2.01. The van der Waals surface area contributed by atoms with E-state index in [2.05, 4.69) is 20.1 Å². The molecule has 1 aromatic heterocycles. The lowest BCUT2D eigenvalue weighted by atomic mass is 10.2. The molecule has 3 N–H and O–H groups in total. The van der Waals surface area contributed by atoms with Gasteiger partial charge in [-0.2, -0.15) is 0 Å². The predicted molar refractivity (Wildman–Crippen MR) is 107 cm³/mol. The molecule has 0 radical (unpaired) electrons. The SMILES string of the molecule is Cc1csc(N2CCN(C(C)C(=O)Nc3ccc(S(N)(=O)=O)cc3)CC2)n1. The Bertz CT molecular complexity index is 903. The monoisotopic (exact) mass is 409 g/mol. The number of aryl methyl sites for hydroxylation is 1. The summed E-state index contributed by atoms with van der Waals surface area (Å²) in [6.07, 6.45) is 0. The summed E-state index contributed by atoms with van der Waals surface area (Å²) in [4.78, 5) is 21.4. The minimum Gasteiger partial charge on any atom is -0.346 e. The van der Waals surface area contributed by atoms with Crippen LogP contribution in [0.2, 0.25) is 0 Å². The van der Waals surface area contributed by atoms with Gasteiger partial charge in [0.15, 0.2) is 5.13 Å². The van der Waals surface area contributed by atoms with Crippen LogP contribution in [-0.4, -0.2) is 56.4 Å². The molecule has 1 amide bonds. The van der Waals surface area contributed by atoms with E-state index in [1.54, 1.807) is 11.3 Å². The van der Waals surface area contributed by atoms with Gasteiger partial charge in [-0.25, -0.2) is 18.5 Å². The Morgan fingerprint density at radius 3 is 2.37 bits per heavy atom. The van der Waals surface area contributed by atoms with Crippen LogP contribution in [0.25, 0.3) is 0 Å². The van der Waals surface area contributed by atoms with Gasteiger partial charge in [0.2, 0.25) is 15.9 Å². The van der Waals surface area contributed by atoms with Crippen LogP contribution in [0.15, 0.2) is 34.5 Å². The number of anilines is 2. The molecule has 3 rings (SSSR count). The summed E-state index contributed by atoms with van der Waals surface area (Å²) in [6.45, 7) is 7.06. The van der Waals surface area contributed by atoms with Crippen molar-refractivity contribution in [2.75, 3.05) is 36.4 Å². The van der Waals surface area contributed by atoms with E-state index in [4.69, 9.17) is 5.14 Å². The van der Waals surface area contributed by atoms with Crippen LogP contribution in [0.5, 0.6) is 0 Å². The van der Waals surface area contributed by atoms with Crippen molar-refractivity contribution in [2.24, 2.45) is 5.14 Å². The molecule has 2 aromatic rings. The average Bonchev–Trinajstić information content (AvgIpc) is 3.07. The number of sulfonamides is 1. The minimum absolute atomic E-state index is 0.0158. The minimum atomic E-state index is -3.74. The van der Waals surface area contributed by atoms with E-state index in [-0.39, 0.29) is 16.8 Å². The number of rotatable bonds is 5. The van der Waals surface area contributed by atoms with Crippen LogP contribution in [0.1, 0.15) is 12.6 Å². The zero-order valence-electron chi connectivity index (χ0n) is 15.3. The lowest BCUT2D eigenvalue weighted by molar-refractivity contribution is -0.120. The van der Waals surface area contributed by atoms with Gasteiger partial charge in [0.25, 0.3) is 0 Å². The maximum atomic E-state index is 12.5. The maximum absolute atomic E-state index is 12.5. The first-order chi connectivity index (χ1) is 12.7. The molecule has 1 saturated heterocycles. The van der Waals surface area contributed by atoms with Gasteiger partial charge in [-0.05, 0) is 38.1 Å². The molecule has 27 heavy (non-hydrogen) atoms. The van der Waals surface area contributed by atoms with Gasteiger partial charge in [0.05, 0.1) is 16.6 Å². The summed E-state index contributed by atoms with van der Waals surface area (Å²) >= 11 is 1.64. The molecule has 0 aliphatic carbocycles. The number of nitrogens with two attached hydrogens (primary N) is 1. The quantitative estimate of drug-likeness (QED) is 0.769. The molecule has 10 heteroatoms. The van der Waals surface area contributed by atoms with E-state index in [0.29, 0.717) is 5.69 Å². The third kappa shape index (κ3) is 4.83. The van der Waals surface area contributed by atoms with Crippen LogP contribution in [0.4, 0.5) is 10.8 Å². The van der Waals surface area contributed by atoms with Gasteiger partial charge in [-0.3, -0.25) is 9.69 Å². The first-order valence-corrected chi connectivity index (χ1v) is 11.0. The van der Waals surface area contributed by atoms with Crippen LogP contribution in [0, 0.1) is 6.92 Å². The molecular weight excluding hydrogens is 386 g/mol. The largest absolute Gasteiger partial charge is 0.346 e. The third-order valence-corrected chi connectivity index (χ3v) is 6.52. The van der Waals surface area contributed by atoms with Gasteiger partial charge >= 0.3 is 0 Å². The molecule has 0 spiro atoms. The number of hydrogen-bond donors (Lipinski definition) is 2. The van der Waals surface area contributed by atoms with Crippen LogP contribution < -0.4 is 15.4 Å². The Morgan fingerprint density at radius 2 is 1.85 bits per heavy atom.